The van der Waals surface area contributed by atoms with Crippen molar-refractivity contribution in [3.8, 4) is 11.8 Å². The molecule has 1 N–H and O–H groups in total. The zero-order chi connectivity index (χ0) is 12.3. The smallest absolute Gasteiger partial charge is 0.0419 e. The lowest BCUT2D eigenvalue weighted by Gasteiger charge is -2.16. The summed E-state index contributed by atoms with van der Waals surface area (Å²) < 4.78 is 0. The number of hydrogen-bond acceptors (Lipinski definition) is 2. The summed E-state index contributed by atoms with van der Waals surface area (Å²) in [6.45, 7) is 5.15. The third-order valence-electron chi connectivity index (χ3n) is 2.66. The number of nitrogens with one attached hydrogen (secondary N) is 1. The summed E-state index contributed by atoms with van der Waals surface area (Å²) in [7, 11) is 0. The van der Waals surface area contributed by atoms with Crippen LogP contribution < -0.4 is 5.32 Å². The van der Waals surface area contributed by atoms with Crippen molar-refractivity contribution >= 4 is 0 Å². The lowest BCUT2D eigenvalue weighted by Crippen LogP contribution is -2.32. The molecule has 0 fully saturated rings. The van der Waals surface area contributed by atoms with Crippen LogP contribution >= 0.6 is 0 Å². The summed E-state index contributed by atoms with van der Waals surface area (Å²) in [5.74, 6) is 6.08. The van der Waals surface area contributed by atoms with Gasteiger partial charge in [-0.15, -0.1) is 11.8 Å². The van der Waals surface area contributed by atoms with Crippen LogP contribution in [0.4, 0.5) is 0 Å². The second-order valence-electron chi connectivity index (χ2n) is 4.14. The maximum absolute atomic E-state index is 4.38. The highest BCUT2D eigenvalue weighted by Gasteiger charge is 2.08. The SMILES string of the molecule is CC#CCCC(Cc1ccccn1)NCCC. The van der Waals surface area contributed by atoms with E-state index in [9.17, 15) is 0 Å². The number of aromatic nitrogens is 1. The first-order chi connectivity index (χ1) is 8.36. The van der Waals surface area contributed by atoms with Crippen molar-refractivity contribution in [3.05, 3.63) is 30.1 Å². The van der Waals surface area contributed by atoms with Gasteiger partial charge in [-0.2, -0.15) is 0 Å². The lowest BCUT2D eigenvalue weighted by molar-refractivity contribution is 0.479. The number of rotatable bonds is 7. The normalized spacial score (nSPS) is 11.6. The summed E-state index contributed by atoms with van der Waals surface area (Å²) >= 11 is 0. The Labute approximate surface area is 105 Å². The highest BCUT2D eigenvalue weighted by molar-refractivity contribution is 5.06. The molecule has 92 valence electrons. The van der Waals surface area contributed by atoms with Crippen LogP contribution in [0.3, 0.4) is 0 Å². The van der Waals surface area contributed by atoms with E-state index in [0.29, 0.717) is 6.04 Å². The Hall–Kier alpha value is -1.33. The Morgan fingerprint density at radius 1 is 1.41 bits per heavy atom. The number of hydrogen-bond donors (Lipinski definition) is 1. The van der Waals surface area contributed by atoms with Crippen molar-refractivity contribution in [2.75, 3.05) is 6.54 Å². The summed E-state index contributed by atoms with van der Waals surface area (Å²) in [4.78, 5) is 4.38. The maximum atomic E-state index is 4.38. The van der Waals surface area contributed by atoms with Crippen LogP contribution in [0.15, 0.2) is 24.4 Å². The zero-order valence-corrected chi connectivity index (χ0v) is 10.9. The van der Waals surface area contributed by atoms with Gasteiger partial charge in [-0.05, 0) is 38.4 Å². The molecule has 2 nitrogen and oxygen atoms in total. The monoisotopic (exact) mass is 230 g/mol. The van der Waals surface area contributed by atoms with E-state index in [4.69, 9.17) is 0 Å². The van der Waals surface area contributed by atoms with Gasteiger partial charge in [-0.1, -0.05) is 13.0 Å². The van der Waals surface area contributed by atoms with E-state index in [-0.39, 0.29) is 0 Å². The molecule has 1 aromatic rings. The molecule has 0 aliphatic carbocycles. The van der Waals surface area contributed by atoms with Gasteiger partial charge < -0.3 is 5.32 Å². The fourth-order valence-corrected chi connectivity index (χ4v) is 1.77. The Bertz CT molecular complexity index is 348. The second kappa shape index (κ2) is 8.78. The average Bonchev–Trinajstić information content (AvgIpc) is 2.37. The molecular formula is C15H22N2. The van der Waals surface area contributed by atoms with Crippen molar-refractivity contribution in [3.63, 3.8) is 0 Å². The number of nitrogens with zero attached hydrogens (tertiary/aromatic N) is 1. The molecule has 0 radical (unpaired) electrons. The minimum absolute atomic E-state index is 0.491. The molecule has 0 amide bonds. The Kier molecular flexibility index (Phi) is 7.09. The Morgan fingerprint density at radius 3 is 2.94 bits per heavy atom. The molecule has 0 saturated heterocycles. The van der Waals surface area contributed by atoms with E-state index in [1.807, 2.05) is 25.3 Å². The standard InChI is InChI=1S/C15H22N2/c1-3-5-6-9-14(16-11-4-2)13-15-10-7-8-12-17-15/h7-8,10,12,14,16H,4,6,9,11,13H2,1-2H3. The molecule has 1 aromatic heterocycles. The largest absolute Gasteiger partial charge is 0.314 e. The van der Waals surface area contributed by atoms with E-state index >= 15 is 0 Å². The molecule has 0 saturated carbocycles. The molecule has 2 heteroatoms. The molecule has 0 aliphatic rings. The maximum Gasteiger partial charge on any atom is 0.0419 e. The lowest BCUT2D eigenvalue weighted by atomic mass is 10.1. The van der Waals surface area contributed by atoms with Crippen molar-refractivity contribution in [2.24, 2.45) is 0 Å². The van der Waals surface area contributed by atoms with E-state index in [0.717, 1.165) is 37.9 Å². The van der Waals surface area contributed by atoms with Gasteiger partial charge in [0.1, 0.15) is 0 Å². The summed E-state index contributed by atoms with van der Waals surface area (Å²) in [5, 5.41) is 3.57. The first-order valence-corrected chi connectivity index (χ1v) is 6.39. The van der Waals surface area contributed by atoms with Gasteiger partial charge in [0.25, 0.3) is 0 Å². The molecule has 17 heavy (non-hydrogen) atoms. The van der Waals surface area contributed by atoms with Crippen LogP contribution in [-0.4, -0.2) is 17.6 Å². The fourth-order valence-electron chi connectivity index (χ4n) is 1.77. The first-order valence-electron chi connectivity index (χ1n) is 6.39. The molecule has 0 aromatic carbocycles. The molecular weight excluding hydrogens is 208 g/mol. The summed E-state index contributed by atoms with van der Waals surface area (Å²) in [6, 6.07) is 6.59. The van der Waals surface area contributed by atoms with Crippen LogP contribution in [0.25, 0.3) is 0 Å². The molecule has 0 bridgehead atoms. The highest BCUT2D eigenvalue weighted by atomic mass is 14.9. The third kappa shape index (κ3) is 6.09. The quantitative estimate of drug-likeness (QED) is 0.729. The Morgan fingerprint density at radius 2 is 2.29 bits per heavy atom. The van der Waals surface area contributed by atoms with Gasteiger partial charge in [0, 0.05) is 30.8 Å². The van der Waals surface area contributed by atoms with Crippen molar-refractivity contribution in [1.29, 1.82) is 0 Å². The molecule has 1 rings (SSSR count). The van der Waals surface area contributed by atoms with Gasteiger partial charge >= 0.3 is 0 Å². The van der Waals surface area contributed by atoms with Crippen LogP contribution in [0.5, 0.6) is 0 Å². The molecule has 0 aliphatic heterocycles. The summed E-state index contributed by atoms with van der Waals surface area (Å²) in [6.07, 6.45) is 6.07. The molecule has 0 spiro atoms. The van der Waals surface area contributed by atoms with Gasteiger partial charge in [0.05, 0.1) is 0 Å². The van der Waals surface area contributed by atoms with Crippen LogP contribution in [0.2, 0.25) is 0 Å². The van der Waals surface area contributed by atoms with Gasteiger partial charge in [0.15, 0.2) is 0 Å². The molecule has 1 unspecified atom stereocenters. The van der Waals surface area contributed by atoms with Crippen LogP contribution in [0.1, 0.15) is 38.8 Å². The fraction of sp³-hybridized carbons (Fsp3) is 0.533. The predicted octanol–water partition coefficient (Wildman–Crippen LogP) is 2.80. The van der Waals surface area contributed by atoms with E-state index in [2.05, 4.69) is 35.1 Å². The van der Waals surface area contributed by atoms with Crippen LogP contribution in [-0.2, 0) is 6.42 Å². The van der Waals surface area contributed by atoms with Gasteiger partial charge in [0.2, 0.25) is 0 Å². The second-order valence-corrected chi connectivity index (χ2v) is 4.14. The predicted molar refractivity (Wildman–Crippen MR) is 72.7 cm³/mol. The molecule has 1 atom stereocenters. The highest BCUT2D eigenvalue weighted by Crippen LogP contribution is 2.05. The van der Waals surface area contributed by atoms with E-state index in [1.54, 1.807) is 0 Å². The topological polar surface area (TPSA) is 24.9 Å². The number of pyridine rings is 1. The Balaban J connectivity index is 2.46. The third-order valence-corrected chi connectivity index (χ3v) is 2.66. The molecule has 1 heterocycles. The van der Waals surface area contributed by atoms with Gasteiger partial charge in [-0.3, -0.25) is 4.98 Å². The first kappa shape index (κ1) is 13.7. The minimum Gasteiger partial charge on any atom is -0.314 e. The zero-order valence-electron chi connectivity index (χ0n) is 10.9. The van der Waals surface area contributed by atoms with E-state index in [1.165, 1.54) is 0 Å². The average molecular weight is 230 g/mol. The van der Waals surface area contributed by atoms with Gasteiger partial charge in [-0.25, -0.2) is 0 Å². The summed E-state index contributed by atoms with van der Waals surface area (Å²) in [5.41, 5.74) is 1.16. The van der Waals surface area contributed by atoms with Crippen molar-refractivity contribution in [2.45, 2.75) is 45.6 Å². The minimum atomic E-state index is 0.491. The van der Waals surface area contributed by atoms with Crippen LogP contribution in [0, 0.1) is 11.8 Å². The van der Waals surface area contributed by atoms with Crippen molar-refractivity contribution < 1.29 is 0 Å². The van der Waals surface area contributed by atoms with E-state index < -0.39 is 0 Å². The van der Waals surface area contributed by atoms with Crippen molar-refractivity contribution in [1.82, 2.24) is 10.3 Å².